The van der Waals surface area contributed by atoms with Gasteiger partial charge in [-0.3, -0.25) is 4.79 Å². The predicted molar refractivity (Wildman–Crippen MR) is 105 cm³/mol. The van der Waals surface area contributed by atoms with Gasteiger partial charge in [0.25, 0.3) is 5.89 Å². The highest BCUT2D eigenvalue weighted by Gasteiger charge is 2.35. The molecule has 0 N–H and O–H groups in total. The number of benzene rings is 2. The van der Waals surface area contributed by atoms with Crippen LogP contribution in [-0.2, 0) is 4.79 Å². The number of aromatic nitrogens is 2. The van der Waals surface area contributed by atoms with Crippen molar-refractivity contribution in [3.05, 3.63) is 64.5 Å². The highest BCUT2D eigenvalue weighted by Crippen LogP contribution is 2.35. The minimum Gasteiger partial charge on any atom is -0.334 e. The molecule has 3 aromatic rings. The van der Waals surface area contributed by atoms with Gasteiger partial charge in [0.15, 0.2) is 5.82 Å². The van der Waals surface area contributed by atoms with E-state index in [-0.39, 0.29) is 11.8 Å². The fourth-order valence-corrected chi connectivity index (χ4v) is 3.91. The zero-order chi connectivity index (χ0) is 19.1. The quantitative estimate of drug-likeness (QED) is 0.690. The average molecular weight is 361 g/mol. The van der Waals surface area contributed by atoms with Crippen LogP contribution in [-0.4, -0.2) is 22.6 Å². The lowest BCUT2D eigenvalue weighted by molar-refractivity contribution is -0.117. The van der Waals surface area contributed by atoms with Gasteiger partial charge in [-0.15, -0.1) is 0 Å². The molecule has 1 unspecified atom stereocenters. The Morgan fingerprint density at radius 2 is 1.67 bits per heavy atom. The Hall–Kier alpha value is -2.95. The van der Waals surface area contributed by atoms with Crippen molar-refractivity contribution in [2.24, 2.45) is 0 Å². The Morgan fingerprint density at radius 1 is 1.00 bits per heavy atom. The molecule has 5 heteroatoms. The summed E-state index contributed by atoms with van der Waals surface area (Å²) in [6.07, 6.45) is 0.402. The molecule has 1 saturated heterocycles. The second-order valence-electron chi connectivity index (χ2n) is 7.48. The van der Waals surface area contributed by atoms with Crippen molar-refractivity contribution < 1.29 is 9.32 Å². The molecule has 0 bridgehead atoms. The van der Waals surface area contributed by atoms with Gasteiger partial charge < -0.3 is 9.42 Å². The van der Waals surface area contributed by atoms with E-state index in [0.29, 0.717) is 24.7 Å². The molecule has 0 spiro atoms. The number of carbonyl (C=O) groups is 1. The number of rotatable bonds is 3. The van der Waals surface area contributed by atoms with Gasteiger partial charge in [0.05, 0.1) is 0 Å². The van der Waals surface area contributed by atoms with Crippen LogP contribution in [0.5, 0.6) is 0 Å². The lowest BCUT2D eigenvalue weighted by atomic mass is 10.0. The molecule has 1 aliphatic rings. The van der Waals surface area contributed by atoms with Crippen LogP contribution >= 0.6 is 0 Å². The number of amides is 1. The maximum atomic E-state index is 12.7. The van der Waals surface area contributed by atoms with E-state index in [1.165, 1.54) is 11.1 Å². The van der Waals surface area contributed by atoms with E-state index < -0.39 is 0 Å². The lowest BCUT2D eigenvalue weighted by Gasteiger charge is -2.22. The van der Waals surface area contributed by atoms with Gasteiger partial charge in [-0.1, -0.05) is 40.5 Å². The van der Waals surface area contributed by atoms with Crippen LogP contribution in [0.25, 0.3) is 11.5 Å². The Balaban J connectivity index is 1.59. The summed E-state index contributed by atoms with van der Waals surface area (Å²) in [4.78, 5) is 19.1. The fourth-order valence-electron chi connectivity index (χ4n) is 3.91. The molecular formula is C22H23N3O2. The molecular weight excluding hydrogens is 338 g/mol. The van der Waals surface area contributed by atoms with Gasteiger partial charge in [-0.05, 0) is 51.0 Å². The zero-order valence-electron chi connectivity index (χ0n) is 16.1. The van der Waals surface area contributed by atoms with Crippen LogP contribution in [0, 0.1) is 27.7 Å². The summed E-state index contributed by atoms with van der Waals surface area (Å²) in [7, 11) is 0. The minimum atomic E-state index is -0.0550. The molecule has 1 fully saturated rings. The highest BCUT2D eigenvalue weighted by atomic mass is 16.5. The lowest BCUT2D eigenvalue weighted by Crippen LogP contribution is -2.26. The largest absolute Gasteiger partial charge is 0.334 e. The number of nitrogens with zero attached hydrogens (tertiary/aromatic N) is 3. The minimum absolute atomic E-state index is 0.0550. The van der Waals surface area contributed by atoms with E-state index in [2.05, 4.69) is 43.0 Å². The van der Waals surface area contributed by atoms with Crippen LogP contribution in [0.4, 0.5) is 5.69 Å². The molecule has 2 aromatic carbocycles. The van der Waals surface area contributed by atoms with Crippen molar-refractivity contribution >= 4 is 11.6 Å². The van der Waals surface area contributed by atoms with E-state index in [1.807, 2.05) is 36.1 Å². The van der Waals surface area contributed by atoms with E-state index in [0.717, 1.165) is 22.4 Å². The van der Waals surface area contributed by atoms with Gasteiger partial charge >= 0.3 is 0 Å². The van der Waals surface area contributed by atoms with Crippen LogP contribution in [0.2, 0.25) is 0 Å². The summed E-state index contributed by atoms with van der Waals surface area (Å²) >= 11 is 0. The summed E-state index contributed by atoms with van der Waals surface area (Å²) in [6.45, 7) is 8.80. The molecule has 1 amide bonds. The van der Waals surface area contributed by atoms with Crippen LogP contribution < -0.4 is 4.90 Å². The Morgan fingerprint density at radius 3 is 2.33 bits per heavy atom. The predicted octanol–water partition coefficient (Wildman–Crippen LogP) is 4.49. The maximum Gasteiger partial charge on any atom is 0.257 e. The molecule has 1 atom stereocenters. The van der Waals surface area contributed by atoms with E-state index in [4.69, 9.17) is 4.52 Å². The first-order valence-electron chi connectivity index (χ1n) is 9.21. The summed E-state index contributed by atoms with van der Waals surface area (Å²) in [5, 5.41) is 4.15. The van der Waals surface area contributed by atoms with Gasteiger partial charge in [-0.2, -0.15) is 4.98 Å². The molecule has 1 aliphatic heterocycles. The second-order valence-corrected chi connectivity index (χ2v) is 7.48. The molecule has 0 saturated carbocycles. The van der Waals surface area contributed by atoms with Crippen LogP contribution in [0.15, 0.2) is 40.9 Å². The number of anilines is 1. The van der Waals surface area contributed by atoms with E-state index >= 15 is 0 Å². The third-order valence-corrected chi connectivity index (χ3v) is 5.14. The molecule has 0 aliphatic carbocycles. The fraction of sp³-hybridized carbons (Fsp3) is 0.318. The summed E-state index contributed by atoms with van der Waals surface area (Å²) < 4.78 is 5.45. The molecule has 1 aromatic heterocycles. The van der Waals surface area contributed by atoms with Crippen LogP contribution in [0.3, 0.4) is 0 Å². The van der Waals surface area contributed by atoms with Crippen LogP contribution in [0.1, 0.15) is 40.4 Å². The summed E-state index contributed by atoms with van der Waals surface area (Å²) in [6, 6.07) is 12.2. The first-order valence-corrected chi connectivity index (χ1v) is 9.21. The first-order chi connectivity index (χ1) is 12.9. The number of aryl methyl sites for hydroxylation is 4. The normalized spacial score (nSPS) is 17.0. The molecule has 138 valence electrons. The monoisotopic (exact) mass is 361 g/mol. The molecule has 27 heavy (non-hydrogen) atoms. The van der Waals surface area contributed by atoms with Gasteiger partial charge in [0.2, 0.25) is 5.91 Å². The summed E-state index contributed by atoms with van der Waals surface area (Å²) in [5.41, 5.74) is 6.53. The van der Waals surface area contributed by atoms with E-state index in [9.17, 15) is 4.79 Å². The van der Waals surface area contributed by atoms with Crippen molar-refractivity contribution in [2.75, 3.05) is 11.4 Å². The van der Waals surface area contributed by atoms with Gasteiger partial charge in [-0.25, -0.2) is 0 Å². The SMILES string of the molecule is Cc1ccc(-c2nc(C3CC(=O)N(c4c(C)cc(C)cc4C)C3)no2)cc1. The topological polar surface area (TPSA) is 59.2 Å². The van der Waals surface area contributed by atoms with Crippen molar-refractivity contribution in [3.8, 4) is 11.5 Å². The molecule has 2 heterocycles. The second kappa shape index (κ2) is 6.65. The molecule has 0 radical (unpaired) electrons. The standard InChI is InChI=1S/C22H23N3O2/c1-13-5-7-17(8-6-13)22-23-21(24-27-22)18-11-19(26)25(12-18)20-15(3)9-14(2)10-16(20)4/h5-10,18H,11-12H2,1-4H3. The van der Waals surface area contributed by atoms with Crippen molar-refractivity contribution in [2.45, 2.75) is 40.0 Å². The van der Waals surface area contributed by atoms with Crippen molar-refractivity contribution in [1.29, 1.82) is 0 Å². The van der Waals surface area contributed by atoms with E-state index in [1.54, 1.807) is 0 Å². The number of hydrogen-bond donors (Lipinski definition) is 0. The van der Waals surface area contributed by atoms with Crippen molar-refractivity contribution in [1.82, 2.24) is 10.1 Å². The third kappa shape index (κ3) is 3.25. The Labute approximate surface area is 159 Å². The molecule has 5 nitrogen and oxygen atoms in total. The number of hydrogen-bond acceptors (Lipinski definition) is 4. The highest BCUT2D eigenvalue weighted by molar-refractivity contribution is 5.97. The Kier molecular flexibility index (Phi) is 4.30. The Bertz CT molecular complexity index is 982. The first kappa shape index (κ1) is 17.5. The number of carbonyl (C=O) groups excluding carboxylic acids is 1. The molecule has 4 rings (SSSR count). The zero-order valence-corrected chi connectivity index (χ0v) is 16.1. The third-order valence-electron chi connectivity index (χ3n) is 5.14. The van der Waals surface area contributed by atoms with Crippen molar-refractivity contribution in [3.63, 3.8) is 0 Å². The van der Waals surface area contributed by atoms with Gasteiger partial charge in [0, 0.05) is 30.1 Å². The summed E-state index contributed by atoms with van der Waals surface area (Å²) in [5.74, 6) is 1.15. The van der Waals surface area contributed by atoms with Gasteiger partial charge in [0.1, 0.15) is 0 Å². The average Bonchev–Trinajstić information content (AvgIpc) is 3.22. The smallest absolute Gasteiger partial charge is 0.257 e. The maximum absolute atomic E-state index is 12.7.